The van der Waals surface area contributed by atoms with Crippen LogP contribution in [-0.4, -0.2) is 34.8 Å². The molecule has 2 amide bonds. The number of hydrogen-bond donors (Lipinski definition) is 1. The van der Waals surface area contributed by atoms with Gasteiger partial charge in [0.15, 0.2) is 0 Å². The number of halogens is 3. The highest BCUT2D eigenvalue weighted by molar-refractivity contribution is 7.11. The summed E-state index contributed by atoms with van der Waals surface area (Å²) in [6.45, 7) is 1.29. The maximum Gasteiger partial charge on any atom is 0.416 e. The highest BCUT2D eigenvalue weighted by Crippen LogP contribution is 2.59. The second kappa shape index (κ2) is 7.44. The molecule has 1 spiro atoms. The van der Waals surface area contributed by atoms with Crippen molar-refractivity contribution in [3.8, 4) is 0 Å². The number of benzene rings is 1. The minimum absolute atomic E-state index is 0.0199. The number of amides is 2. The van der Waals surface area contributed by atoms with Gasteiger partial charge in [-0.05, 0) is 42.4 Å². The molecule has 9 heteroatoms. The van der Waals surface area contributed by atoms with Gasteiger partial charge in [0, 0.05) is 25.6 Å². The second-order valence-corrected chi connectivity index (χ2v) is 8.58. The van der Waals surface area contributed by atoms with Crippen LogP contribution in [0.2, 0.25) is 0 Å². The van der Waals surface area contributed by atoms with Crippen molar-refractivity contribution in [1.82, 2.24) is 15.2 Å². The molecule has 1 aromatic heterocycles. The molecule has 0 unspecified atom stereocenters. The Labute approximate surface area is 169 Å². The maximum atomic E-state index is 12.8. The van der Waals surface area contributed by atoms with Crippen LogP contribution in [0.5, 0.6) is 0 Å². The van der Waals surface area contributed by atoms with Gasteiger partial charge >= 0.3 is 6.18 Å². The molecule has 154 valence electrons. The van der Waals surface area contributed by atoms with Crippen molar-refractivity contribution in [2.24, 2.45) is 11.3 Å². The molecule has 1 saturated carbocycles. The summed E-state index contributed by atoms with van der Waals surface area (Å²) in [5, 5.41) is 2.77. The van der Waals surface area contributed by atoms with Crippen LogP contribution in [0.1, 0.15) is 40.1 Å². The van der Waals surface area contributed by atoms with Crippen molar-refractivity contribution in [2.45, 2.75) is 32.0 Å². The summed E-state index contributed by atoms with van der Waals surface area (Å²) in [6.07, 6.45) is -0.536. The molecule has 2 heterocycles. The fraction of sp³-hybridized carbons (Fsp3) is 0.450. The summed E-state index contributed by atoms with van der Waals surface area (Å²) in [5.74, 6) is -0.271. The number of rotatable bonds is 4. The molecule has 1 aliphatic carbocycles. The van der Waals surface area contributed by atoms with E-state index >= 15 is 0 Å². The lowest BCUT2D eigenvalue weighted by Gasteiger charge is -2.32. The zero-order chi connectivity index (χ0) is 20.6. The number of hydrogen-bond acceptors (Lipinski definition) is 4. The van der Waals surface area contributed by atoms with Gasteiger partial charge in [0.2, 0.25) is 5.91 Å². The van der Waals surface area contributed by atoms with Gasteiger partial charge in [-0.3, -0.25) is 14.6 Å². The summed E-state index contributed by atoms with van der Waals surface area (Å²) in [7, 11) is 0. The van der Waals surface area contributed by atoms with Gasteiger partial charge in [-0.2, -0.15) is 13.2 Å². The number of carbonyl (C=O) groups excluding carboxylic acids is 2. The number of likely N-dealkylation sites (tertiary alicyclic amines) is 1. The van der Waals surface area contributed by atoms with Crippen molar-refractivity contribution in [2.75, 3.05) is 13.1 Å². The molecule has 5 nitrogen and oxygen atoms in total. The van der Waals surface area contributed by atoms with Gasteiger partial charge < -0.3 is 10.2 Å². The fourth-order valence-corrected chi connectivity index (χ4v) is 4.66. The van der Waals surface area contributed by atoms with E-state index in [1.165, 1.54) is 17.4 Å². The molecule has 2 aromatic rings. The molecular formula is C20H20F3N3O2S. The Morgan fingerprint density at radius 2 is 2.03 bits per heavy atom. The van der Waals surface area contributed by atoms with E-state index in [0.717, 1.165) is 31.4 Å². The van der Waals surface area contributed by atoms with Gasteiger partial charge in [0.1, 0.15) is 4.88 Å². The van der Waals surface area contributed by atoms with Crippen LogP contribution < -0.4 is 5.32 Å². The normalized spacial score (nSPS) is 20.5. The van der Waals surface area contributed by atoms with Gasteiger partial charge in [0.05, 0.1) is 17.3 Å². The predicted molar refractivity (Wildman–Crippen MR) is 101 cm³/mol. The quantitative estimate of drug-likeness (QED) is 0.815. The number of nitrogens with zero attached hydrogens (tertiary/aromatic N) is 2. The number of carbonyl (C=O) groups is 2. The molecule has 2 aliphatic rings. The minimum Gasteiger partial charge on any atom is -0.352 e. The van der Waals surface area contributed by atoms with Crippen LogP contribution in [0.15, 0.2) is 36.0 Å². The standard InChI is InChI=1S/C20H20F3N3O2S/c21-20(22,23)14-3-1-2-13(8-14)10-25-17(27)15-9-19(15)4-6-26(7-5-19)18(28)16-11-24-12-29-16/h1-3,8,11-12,15H,4-7,9-10H2,(H,25,27)/t15-/m0/s1. The lowest BCUT2D eigenvalue weighted by atomic mass is 9.90. The van der Waals surface area contributed by atoms with E-state index in [1.807, 2.05) is 0 Å². The van der Waals surface area contributed by atoms with Gasteiger partial charge in [0.25, 0.3) is 5.91 Å². The Morgan fingerprint density at radius 3 is 2.69 bits per heavy atom. The van der Waals surface area contributed by atoms with E-state index in [2.05, 4.69) is 10.3 Å². The molecule has 4 rings (SSSR count). The van der Waals surface area contributed by atoms with Crippen molar-refractivity contribution >= 4 is 23.2 Å². The number of aromatic nitrogens is 1. The van der Waals surface area contributed by atoms with E-state index in [1.54, 1.807) is 22.7 Å². The van der Waals surface area contributed by atoms with Crippen LogP contribution in [0, 0.1) is 11.3 Å². The van der Waals surface area contributed by atoms with Crippen molar-refractivity contribution in [1.29, 1.82) is 0 Å². The summed E-state index contributed by atoms with van der Waals surface area (Å²) < 4.78 is 38.4. The van der Waals surface area contributed by atoms with Crippen molar-refractivity contribution in [3.63, 3.8) is 0 Å². The van der Waals surface area contributed by atoms with Crippen molar-refractivity contribution < 1.29 is 22.8 Å². The molecule has 1 aromatic carbocycles. The van der Waals surface area contributed by atoms with Crippen molar-refractivity contribution in [3.05, 3.63) is 52.0 Å². The number of thiazole rings is 1. The molecule has 0 bridgehead atoms. The first-order valence-corrected chi connectivity index (χ1v) is 10.3. The number of nitrogens with one attached hydrogen (secondary N) is 1. The molecule has 2 fully saturated rings. The molecule has 0 radical (unpaired) electrons. The Morgan fingerprint density at radius 1 is 1.28 bits per heavy atom. The third kappa shape index (κ3) is 4.14. The highest BCUT2D eigenvalue weighted by atomic mass is 32.1. The van der Waals surface area contributed by atoms with E-state index in [0.29, 0.717) is 23.5 Å². The molecule has 1 aliphatic heterocycles. The Hall–Kier alpha value is -2.42. The molecular weight excluding hydrogens is 403 g/mol. The van der Waals surface area contributed by atoms with E-state index in [4.69, 9.17) is 0 Å². The maximum absolute atomic E-state index is 12.8. The van der Waals surface area contributed by atoms with E-state index in [-0.39, 0.29) is 29.7 Å². The number of alkyl halides is 3. The van der Waals surface area contributed by atoms with Crippen LogP contribution in [0.25, 0.3) is 0 Å². The monoisotopic (exact) mass is 423 g/mol. The van der Waals surface area contributed by atoms with E-state index in [9.17, 15) is 22.8 Å². The average Bonchev–Trinajstić information content (AvgIpc) is 3.14. The third-order valence-corrected chi connectivity index (χ3v) is 6.68. The summed E-state index contributed by atoms with van der Waals surface area (Å²) in [4.78, 5) is 31.3. The fourth-order valence-electron chi connectivity index (χ4n) is 4.07. The summed E-state index contributed by atoms with van der Waals surface area (Å²) >= 11 is 1.32. The predicted octanol–water partition coefficient (Wildman–Crippen LogP) is 3.72. The van der Waals surface area contributed by atoms with E-state index < -0.39 is 11.7 Å². The van der Waals surface area contributed by atoms with Crippen LogP contribution in [0.4, 0.5) is 13.2 Å². The minimum atomic E-state index is -4.40. The summed E-state index contributed by atoms with van der Waals surface area (Å²) in [5.41, 5.74) is 1.25. The Bertz CT molecular complexity index is 906. The van der Waals surface area contributed by atoms with Crippen LogP contribution in [0.3, 0.4) is 0 Å². The third-order valence-electron chi connectivity index (χ3n) is 5.92. The number of piperidine rings is 1. The molecule has 1 N–H and O–H groups in total. The first kappa shape index (κ1) is 19.9. The van der Waals surface area contributed by atoms with Crippen LogP contribution in [-0.2, 0) is 17.5 Å². The first-order chi connectivity index (χ1) is 13.8. The topological polar surface area (TPSA) is 62.3 Å². The highest BCUT2D eigenvalue weighted by Gasteiger charge is 2.58. The molecule has 1 saturated heterocycles. The lowest BCUT2D eigenvalue weighted by Crippen LogP contribution is -2.40. The van der Waals surface area contributed by atoms with Gasteiger partial charge in [-0.25, -0.2) is 0 Å². The Kier molecular flexibility index (Phi) is 5.10. The van der Waals surface area contributed by atoms with Crippen LogP contribution >= 0.6 is 11.3 Å². The largest absolute Gasteiger partial charge is 0.416 e. The van der Waals surface area contributed by atoms with Gasteiger partial charge in [-0.1, -0.05) is 12.1 Å². The zero-order valence-corrected chi connectivity index (χ0v) is 16.4. The van der Waals surface area contributed by atoms with Gasteiger partial charge in [-0.15, -0.1) is 11.3 Å². The smallest absolute Gasteiger partial charge is 0.352 e. The molecule has 1 atom stereocenters. The zero-order valence-electron chi connectivity index (χ0n) is 15.5. The lowest BCUT2D eigenvalue weighted by molar-refractivity contribution is -0.137. The SMILES string of the molecule is O=C(NCc1cccc(C(F)(F)F)c1)[C@@H]1CC12CCN(C(=O)c1cncs1)CC2. The molecule has 29 heavy (non-hydrogen) atoms. The first-order valence-electron chi connectivity index (χ1n) is 9.40. The average molecular weight is 423 g/mol. The second-order valence-electron chi connectivity index (χ2n) is 7.69. The summed E-state index contributed by atoms with van der Waals surface area (Å²) in [6, 6.07) is 5.00. The Balaban J connectivity index is 1.28.